The van der Waals surface area contributed by atoms with Crippen molar-refractivity contribution in [2.75, 3.05) is 0 Å². The van der Waals surface area contributed by atoms with Crippen LogP contribution in [0.2, 0.25) is 0 Å². The number of hydrogen-bond acceptors (Lipinski definition) is 1. The minimum Gasteiger partial charge on any atom is -0.393 e. The van der Waals surface area contributed by atoms with Crippen molar-refractivity contribution in [3.63, 3.8) is 0 Å². The predicted octanol–water partition coefficient (Wildman–Crippen LogP) is 4.25. The van der Waals surface area contributed by atoms with E-state index in [1.807, 2.05) is 6.92 Å². The maximum absolute atomic E-state index is 10.2. The molecule has 1 heteroatoms. The largest absolute Gasteiger partial charge is 0.393 e. The Labute approximate surface area is 107 Å². The van der Waals surface area contributed by atoms with Crippen LogP contribution < -0.4 is 0 Å². The first-order chi connectivity index (χ1) is 7.77. The Morgan fingerprint density at radius 2 is 1.88 bits per heavy atom. The summed E-state index contributed by atoms with van der Waals surface area (Å²) in [6, 6.07) is 0. The van der Waals surface area contributed by atoms with Gasteiger partial charge in [0.15, 0.2) is 0 Å². The zero-order valence-electron chi connectivity index (χ0n) is 12.3. The molecule has 0 radical (unpaired) electrons. The molecule has 2 saturated carbocycles. The number of aliphatic hydroxyl groups excluding tert-OH is 1. The summed E-state index contributed by atoms with van der Waals surface area (Å²) < 4.78 is 0. The van der Waals surface area contributed by atoms with E-state index < -0.39 is 0 Å². The van der Waals surface area contributed by atoms with Crippen molar-refractivity contribution >= 4 is 0 Å². The molecular weight excluding hydrogens is 208 g/mol. The Balaban J connectivity index is 2.23. The van der Waals surface area contributed by atoms with Crippen LogP contribution in [0.4, 0.5) is 0 Å². The second-order valence-corrected chi connectivity index (χ2v) is 7.77. The molecule has 0 aromatic rings. The molecule has 0 aromatic carbocycles. The molecule has 2 fully saturated rings. The van der Waals surface area contributed by atoms with Gasteiger partial charge in [-0.25, -0.2) is 0 Å². The van der Waals surface area contributed by atoms with Crippen LogP contribution in [0.1, 0.15) is 66.7 Å². The lowest BCUT2D eigenvalue weighted by Crippen LogP contribution is -2.49. The minimum atomic E-state index is -0.170. The molecule has 0 unspecified atom stereocenters. The van der Waals surface area contributed by atoms with Crippen molar-refractivity contribution in [1.82, 2.24) is 0 Å². The topological polar surface area (TPSA) is 20.2 Å². The summed E-state index contributed by atoms with van der Waals surface area (Å²) in [5.41, 5.74) is 0.620. The number of rotatable bonds is 1. The summed E-state index contributed by atoms with van der Waals surface area (Å²) >= 11 is 0. The van der Waals surface area contributed by atoms with Gasteiger partial charge in [-0.2, -0.15) is 0 Å². The Kier molecular flexibility index (Phi) is 3.36. The zero-order chi connectivity index (χ0) is 12.8. The highest BCUT2D eigenvalue weighted by atomic mass is 16.3. The quantitative estimate of drug-likeness (QED) is 0.724. The average molecular weight is 238 g/mol. The van der Waals surface area contributed by atoms with E-state index in [1.54, 1.807) is 0 Å². The molecule has 0 heterocycles. The van der Waals surface area contributed by atoms with E-state index >= 15 is 0 Å². The van der Waals surface area contributed by atoms with Gasteiger partial charge in [0.05, 0.1) is 6.10 Å². The van der Waals surface area contributed by atoms with Crippen LogP contribution in [0.15, 0.2) is 0 Å². The van der Waals surface area contributed by atoms with Crippen molar-refractivity contribution in [1.29, 1.82) is 0 Å². The molecule has 2 aliphatic carbocycles. The first kappa shape index (κ1) is 13.4. The molecule has 0 bridgehead atoms. The summed E-state index contributed by atoms with van der Waals surface area (Å²) in [5.74, 6) is 2.41. The lowest BCUT2D eigenvalue weighted by molar-refractivity contribution is -0.0951. The number of aliphatic hydroxyl groups is 1. The Morgan fingerprint density at radius 1 is 1.24 bits per heavy atom. The van der Waals surface area contributed by atoms with Gasteiger partial charge in [-0.3, -0.25) is 0 Å². The molecular formula is C16H30O. The van der Waals surface area contributed by atoms with Crippen LogP contribution in [-0.2, 0) is 0 Å². The third kappa shape index (κ3) is 2.16. The van der Waals surface area contributed by atoms with Crippen molar-refractivity contribution in [3.05, 3.63) is 0 Å². The van der Waals surface area contributed by atoms with Crippen LogP contribution in [0, 0.1) is 28.6 Å². The maximum atomic E-state index is 10.2. The molecule has 0 spiro atoms. The number of hydrogen-bond donors (Lipinski definition) is 1. The third-order valence-electron chi connectivity index (χ3n) is 6.37. The van der Waals surface area contributed by atoms with Crippen molar-refractivity contribution < 1.29 is 5.11 Å². The van der Waals surface area contributed by atoms with Crippen LogP contribution in [0.25, 0.3) is 0 Å². The molecule has 2 aliphatic rings. The molecule has 0 aliphatic heterocycles. The van der Waals surface area contributed by atoms with E-state index in [-0.39, 0.29) is 11.5 Å². The normalized spacial score (nSPS) is 47.3. The molecule has 2 rings (SSSR count). The lowest BCUT2D eigenvalue weighted by atomic mass is 9.50. The van der Waals surface area contributed by atoms with Gasteiger partial charge in [0.2, 0.25) is 0 Å². The lowest BCUT2D eigenvalue weighted by Gasteiger charge is -2.55. The summed E-state index contributed by atoms with van der Waals surface area (Å²) in [6.07, 6.45) is 6.59. The Morgan fingerprint density at radius 3 is 2.47 bits per heavy atom. The average Bonchev–Trinajstić information content (AvgIpc) is 2.21. The van der Waals surface area contributed by atoms with Gasteiger partial charge >= 0.3 is 0 Å². The van der Waals surface area contributed by atoms with Gasteiger partial charge in [-0.05, 0) is 54.8 Å². The van der Waals surface area contributed by atoms with Crippen molar-refractivity contribution in [2.45, 2.75) is 72.8 Å². The summed E-state index contributed by atoms with van der Waals surface area (Å²) in [6.45, 7) is 11.5. The van der Waals surface area contributed by atoms with Gasteiger partial charge in [0.1, 0.15) is 0 Å². The van der Waals surface area contributed by atoms with E-state index in [0.717, 1.165) is 11.8 Å². The highest BCUT2D eigenvalue weighted by molar-refractivity contribution is 5.00. The van der Waals surface area contributed by atoms with E-state index in [9.17, 15) is 5.11 Å². The van der Waals surface area contributed by atoms with Crippen LogP contribution in [-0.4, -0.2) is 11.2 Å². The summed E-state index contributed by atoms with van der Waals surface area (Å²) in [5, 5.41) is 10.2. The van der Waals surface area contributed by atoms with Crippen molar-refractivity contribution in [3.8, 4) is 0 Å². The number of fused-ring (bicyclic) bond motifs is 1. The molecule has 1 N–H and O–H groups in total. The van der Waals surface area contributed by atoms with Crippen LogP contribution in [0.5, 0.6) is 0 Å². The third-order valence-corrected chi connectivity index (χ3v) is 6.37. The first-order valence-corrected chi connectivity index (χ1v) is 7.45. The van der Waals surface area contributed by atoms with E-state index in [0.29, 0.717) is 11.3 Å². The smallest absolute Gasteiger partial charge is 0.0568 e. The SMILES string of the molecule is C[C@H](O)[C@@]1(C)C[C@@H]2[C@H](CCCC2(C)C)C[C@@H]1C. The molecule has 100 valence electrons. The first-order valence-electron chi connectivity index (χ1n) is 7.45. The summed E-state index contributed by atoms with van der Waals surface area (Å²) in [7, 11) is 0. The monoisotopic (exact) mass is 238 g/mol. The predicted molar refractivity (Wildman–Crippen MR) is 72.8 cm³/mol. The summed E-state index contributed by atoms with van der Waals surface area (Å²) in [4.78, 5) is 0. The minimum absolute atomic E-state index is 0.135. The molecule has 1 nitrogen and oxygen atoms in total. The van der Waals surface area contributed by atoms with Gasteiger partial charge in [0.25, 0.3) is 0 Å². The van der Waals surface area contributed by atoms with E-state index in [1.165, 1.54) is 32.1 Å². The molecule has 0 aromatic heterocycles. The van der Waals surface area contributed by atoms with Gasteiger partial charge in [0, 0.05) is 0 Å². The molecule has 5 atom stereocenters. The highest BCUT2D eigenvalue weighted by Crippen LogP contribution is 2.57. The van der Waals surface area contributed by atoms with E-state index in [4.69, 9.17) is 0 Å². The van der Waals surface area contributed by atoms with Crippen LogP contribution in [0.3, 0.4) is 0 Å². The fourth-order valence-electron chi connectivity index (χ4n) is 4.55. The maximum Gasteiger partial charge on any atom is 0.0568 e. The highest BCUT2D eigenvalue weighted by Gasteiger charge is 2.50. The molecule has 0 saturated heterocycles. The van der Waals surface area contributed by atoms with Crippen molar-refractivity contribution in [2.24, 2.45) is 28.6 Å². The van der Waals surface area contributed by atoms with E-state index in [2.05, 4.69) is 27.7 Å². The Hall–Kier alpha value is -0.0400. The molecule has 17 heavy (non-hydrogen) atoms. The van der Waals surface area contributed by atoms with Crippen LogP contribution >= 0.6 is 0 Å². The zero-order valence-corrected chi connectivity index (χ0v) is 12.3. The molecule has 0 amide bonds. The van der Waals surface area contributed by atoms with Gasteiger partial charge < -0.3 is 5.11 Å². The Bertz CT molecular complexity index is 281. The van der Waals surface area contributed by atoms with Gasteiger partial charge in [-0.1, -0.05) is 40.5 Å². The standard InChI is InChI=1S/C16H30O/c1-11-9-13-7-6-8-15(3,4)14(13)10-16(11,5)12(2)17/h11-14,17H,6-10H2,1-5H3/t11-,12-,13+,14+,16-/m0/s1. The fraction of sp³-hybridized carbons (Fsp3) is 1.00. The second kappa shape index (κ2) is 4.26. The van der Waals surface area contributed by atoms with Gasteiger partial charge in [-0.15, -0.1) is 0 Å². The fourth-order valence-corrected chi connectivity index (χ4v) is 4.55. The second-order valence-electron chi connectivity index (χ2n) is 7.77.